The van der Waals surface area contributed by atoms with Crippen molar-refractivity contribution in [2.75, 3.05) is 0 Å². The van der Waals surface area contributed by atoms with Crippen molar-refractivity contribution in [1.82, 2.24) is 15.1 Å². The zero-order valence-electron chi connectivity index (χ0n) is 14.1. The maximum absolute atomic E-state index is 12.9. The monoisotopic (exact) mass is 353 g/mol. The lowest BCUT2D eigenvalue weighted by atomic mass is 9.99. The fraction of sp³-hybridized carbons (Fsp3) is 0.444. The smallest absolute Gasteiger partial charge is 0.349 e. The van der Waals surface area contributed by atoms with E-state index in [1.165, 1.54) is 6.07 Å². The van der Waals surface area contributed by atoms with Gasteiger partial charge in [0, 0.05) is 25.4 Å². The van der Waals surface area contributed by atoms with E-state index in [2.05, 4.69) is 10.4 Å². The average molecular weight is 353 g/mol. The predicted octanol–water partition coefficient (Wildman–Crippen LogP) is 4.34. The molecule has 4 nitrogen and oxygen atoms in total. The minimum absolute atomic E-state index is 0.164. The van der Waals surface area contributed by atoms with Gasteiger partial charge in [0.05, 0.1) is 11.6 Å². The van der Waals surface area contributed by atoms with Crippen LogP contribution in [0.25, 0.3) is 0 Å². The molecule has 1 aromatic heterocycles. The summed E-state index contributed by atoms with van der Waals surface area (Å²) in [4.78, 5) is 12.1. The van der Waals surface area contributed by atoms with Crippen LogP contribution in [0.3, 0.4) is 0 Å². The number of alkyl halides is 3. The van der Waals surface area contributed by atoms with Gasteiger partial charge in [-0.05, 0) is 36.6 Å². The van der Waals surface area contributed by atoms with Gasteiger partial charge in [-0.25, -0.2) is 0 Å². The molecule has 136 valence electrons. The Morgan fingerprint density at radius 3 is 2.76 bits per heavy atom. The zero-order valence-corrected chi connectivity index (χ0v) is 14.1. The summed E-state index contributed by atoms with van der Waals surface area (Å²) < 4.78 is 40.4. The molecule has 0 saturated carbocycles. The molecule has 1 aromatic carbocycles. The third-order valence-electron chi connectivity index (χ3n) is 3.88. The summed E-state index contributed by atoms with van der Waals surface area (Å²) in [6.07, 6.45) is 1.38. The number of carbonyl (C=O) groups excluding carboxylic acids is 1. The minimum atomic E-state index is -4.39. The highest BCUT2D eigenvalue weighted by Crippen LogP contribution is 2.31. The molecular formula is C18H22F3N3O. The van der Waals surface area contributed by atoms with Crippen LogP contribution in [0.4, 0.5) is 13.2 Å². The number of nitrogens with zero attached hydrogens (tertiary/aromatic N) is 2. The number of amides is 1. The normalized spacial score (nSPS) is 12.8. The van der Waals surface area contributed by atoms with Crippen LogP contribution in [0.15, 0.2) is 42.7 Å². The highest BCUT2D eigenvalue weighted by atomic mass is 19.4. The van der Waals surface area contributed by atoms with Gasteiger partial charge < -0.3 is 5.32 Å². The molecule has 1 N–H and O–H groups in total. The van der Waals surface area contributed by atoms with Crippen LogP contribution in [0, 0.1) is 0 Å². The van der Waals surface area contributed by atoms with E-state index >= 15 is 0 Å². The molecule has 0 radical (unpaired) electrons. The number of aromatic nitrogens is 2. The van der Waals surface area contributed by atoms with Gasteiger partial charge in [0.1, 0.15) is 0 Å². The second kappa shape index (κ2) is 8.69. The van der Waals surface area contributed by atoms with Crippen molar-refractivity contribution < 1.29 is 18.0 Å². The van der Waals surface area contributed by atoms with E-state index in [-0.39, 0.29) is 5.91 Å². The summed E-state index contributed by atoms with van der Waals surface area (Å²) in [5, 5.41) is 6.92. The quantitative estimate of drug-likeness (QED) is 0.767. The summed E-state index contributed by atoms with van der Waals surface area (Å²) in [7, 11) is 0. The lowest BCUT2D eigenvalue weighted by molar-refractivity contribution is -0.137. The maximum Gasteiger partial charge on any atom is 0.416 e. The van der Waals surface area contributed by atoms with Crippen molar-refractivity contribution in [3.05, 3.63) is 53.9 Å². The molecule has 0 spiro atoms. The fourth-order valence-electron chi connectivity index (χ4n) is 2.64. The maximum atomic E-state index is 12.9. The van der Waals surface area contributed by atoms with E-state index in [1.807, 2.05) is 19.2 Å². The molecule has 1 atom stereocenters. The molecule has 0 aliphatic carbocycles. The fourth-order valence-corrected chi connectivity index (χ4v) is 2.64. The van der Waals surface area contributed by atoms with E-state index < -0.39 is 17.8 Å². The number of hydrogen-bond acceptors (Lipinski definition) is 2. The Hall–Kier alpha value is -2.31. The molecule has 1 amide bonds. The first-order chi connectivity index (χ1) is 11.9. The Morgan fingerprint density at radius 2 is 2.12 bits per heavy atom. The Balaban J connectivity index is 1.96. The Kier molecular flexibility index (Phi) is 6.61. The van der Waals surface area contributed by atoms with E-state index in [4.69, 9.17) is 0 Å². The van der Waals surface area contributed by atoms with Crippen LogP contribution >= 0.6 is 0 Å². The second-order valence-corrected chi connectivity index (χ2v) is 5.90. The molecule has 7 heteroatoms. The number of benzene rings is 1. The Morgan fingerprint density at radius 1 is 1.32 bits per heavy atom. The number of rotatable bonds is 8. The van der Waals surface area contributed by atoms with Crippen molar-refractivity contribution in [1.29, 1.82) is 0 Å². The van der Waals surface area contributed by atoms with E-state index in [0.717, 1.165) is 18.6 Å². The highest BCUT2D eigenvalue weighted by Gasteiger charge is 2.31. The lowest BCUT2D eigenvalue weighted by Crippen LogP contribution is -2.28. The Bertz CT molecular complexity index is 668. The number of hydrogen-bond donors (Lipinski definition) is 1. The number of halogens is 3. The van der Waals surface area contributed by atoms with Crippen LogP contribution in [-0.4, -0.2) is 15.7 Å². The molecule has 0 fully saturated rings. The van der Waals surface area contributed by atoms with E-state index in [0.29, 0.717) is 31.4 Å². The summed E-state index contributed by atoms with van der Waals surface area (Å²) in [6.45, 7) is 2.56. The van der Waals surface area contributed by atoms with Gasteiger partial charge in [-0.15, -0.1) is 0 Å². The number of carbonyl (C=O) groups is 1. The molecular weight excluding hydrogens is 331 g/mol. The van der Waals surface area contributed by atoms with Gasteiger partial charge >= 0.3 is 6.18 Å². The number of nitrogens with one attached hydrogen (secondary N) is 1. The van der Waals surface area contributed by atoms with Crippen molar-refractivity contribution in [2.45, 2.75) is 51.4 Å². The van der Waals surface area contributed by atoms with Crippen LogP contribution < -0.4 is 5.32 Å². The Labute approximate surface area is 145 Å². The predicted molar refractivity (Wildman–Crippen MR) is 88.7 cm³/mol. The SMILES string of the molecule is CCCC(NC(=O)CCCn1cccn1)c1cccc(C(F)(F)F)c1. The van der Waals surface area contributed by atoms with Crippen molar-refractivity contribution in [3.8, 4) is 0 Å². The van der Waals surface area contributed by atoms with Crippen LogP contribution in [-0.2, 0) is 17.5 Å². The standard InChI is InChI=1S/C18H22F3N3O/c1-2-6-16(14-7-3-8-15(13-14)18(19,20)21)23-17(25)9-4-11-24-12-5-10-22-24/h3,5,7-8,10,12-13,16H,2,4,6,9,11H2,1H3,(H,23,25). The topological polar surface area (TPSA) is 46.9 Å². The van der Waals surface area contributed by atoms with Gasteiger partial charge in [0.25, 0.3) is 0 Å². The molecule has 0 aliphatic heterocycles. The minimum Gasteiger partial charge on any atom is -0.349 e. The lowest BCUT2D eigenvalue weighted by Gasteiger charge is -2.20. The van der Waals surface area contributed by atoms with Gasteiger partial charge in [-0.2, -0.15) is 18.3 Å². The molecule has 2 aromatic rings. The van der Waals surface area contributed by atoms with Gasteiger partial charge in [0.15, 0.2) is 0 Å². The molecule has 25 heavy (non-hydrogen) atoms. The van der Waals surface area contributed by atoms with E-state index in [1.54, 1.807) is 16.9 Å². The van der Waals surface area contributed by atoms with Crippen molar-refractivity contribution in [3.63, 3.8) is 0 Å². The third-order valence-corrected chi connectivity index (χ3v) is 3.88. The summed E-state index contributed by atoms with van der Waals surface area (Å²) in [5.74, 6) is -0.164. The third kappa shape index (κ3) is 5.92. The first-order valence-electron chi connectivity index (χ1n) is 8.34. The molecule has 1 heterocycles. The highest BCUT2D eigenvalue weighted by molar-refractivity contribution is 5.76. The zero-order chi connectivity index (χ0) is 18.3. The second-order valence-electron chi connectivity index (χ2n) is 5.90. The first kappa shape index (κ1) is 19.0. The molecule has 0 saturated heterocycles. The van der Waals surface area contributed by atoms with Crippen molar-refractivity contribution in [2.24, 2.45) is 0 Å². The molecule has 0 aliphatic rings. The molecule has 0 bridgehead atoms. The largest absolute Gasteiger partial charge is 0.416 e. The van der Waals surface area contributed by atoms with Crippen LogP contribution in [0.1, 0.15) is 49.8 Å². The van der Waals surface area contributed by atoms with Crippen LogP contribution in [0.2, 0.25) is 0 Å². The average Bonchev–Trinajstić information content (AvgIpc) is 3.07. The summed E-state index contributed by atoms with van der Waals surface area (Å²) >= 11 is 0. The van der Waals surface area contributed by atoms with Gasteiger partial charge in [-0.1, -0.05) is 25.5 Å². The molecule has 1 unspecified atom stereocenters. The van der Waals surface area contributed by atoms with E-state index in [9.17, 15) is 18.0 Å². The summed E-state index contributed by atoms with van der Waals surface area (Å²) in [6, 6.07) is 6.56. The molecule has 2 rings (SSSR count). The first-order valence-corrected chi connectivity index (χ1v) is 8.34. The summed E-state index contributed by atoms with van der Waals surface area (Å²) in [5.41, 5.74) is -0.212. The number of aryl methyl sites for hydroxylation is 1. The van der Waals surface area contributed by atoms with Crippen LogP contribution in [0.5, 0.6) is 0 Å². The van der Waals surface area contributed by atoms with Gasteiger partial charge in [-0.3, -0.25) is 9.48 Å². The van der Waals surface area contributed by atoms with Gasteiger partial charge in [0.2, 0.25) is 5.91 Å². The van der Waals surface area contributed by atoms with Crippen molar-refractivity contribution >= 4 is 5.91 Å².